The van der Waals surface area contributed by atoms with Crippen LogP contribution in [-0.2, 0) is 12.8 Å². The first-order valence-corrected chi connectivity index (χ1v) is 5.69. The minimum Gasteiger partial charge on any atom is -0.493 e. The zero-order valence-electron chi connectivity index (χ0n) is 9.20. The lowest BCUT2D eigenvalue weighted by atomic mass is 9.99. The molecule has 1 heterocycles. The molecule has 1 N–H and O–H groups in total. The highest BCUT2D eigenvalue weighted by atomic mass is 16.5. The summed E-state index contributed by atoms with van der Waals surface area (Å²) >= 11 is 0. The number of para-hydroxylation sites is 1. The second kappa shape index (κ2) is 4.67. The Hall–Kier alpha value is -1.02. The third-order valence-corrected chi connectivity index (χ3v) is 2.85. The van der Waals surface area contributed by atoms with Gasteiger partial charge in [0.2, 0.25) is 0 Å². The van der Waals surface area contributed by atoms with Crippen LogP contribution in [0.5, 0.6) is 5.75 Å². The first-order chi connectivity index (χ1) is 7.27. The Morgan fingerprint density at radius 3 is 3.13 bits per heavy atom. The highest BCUT2D eigenvalue weighted by Gasteiger charge is 2.14. The van der Waals surface area contributed by atoms with Crippen molar-refractivity contribution in [3.8, 4) is 5.75 Å². The van der Waals surface area contributed by atoms with E-state index in [-0.39, 0.29) is 6.10 Å². The molecule has 1 atom stereocenters. The zero-order valence-corrected chi connectivity index (χ0v) is 9.20. The Balaban J connectivity index is 2.16. The molecule has 82 valence electrons. The summed E-state index contributed by atoms with van der Waals surface area (Å²) in [5, 5.41) is 9.28. The molecule has 15 heavy (non-hydrogen) atoms. The molecule has 2 rings (SSSR count). The van der Waals surface area contributed by atoms with Crippen molar-refractivity contribution < 1.29 is 9.84 Å². The van der Waals surface area contributed by atoms with Crippen LogP contribution < -0.4 is 4.74 Å². The molecule has 0 aliphatic carbocycles. The molecule has 0 aromatic heterocycles. The van der Waals surface area contributed by atoms with Crippen molar-refractivity contribution in [1.29, 1.82) is 0 Å². The van der Waals surface area contributed by atoms with Crippen LogP contribution in [0.15, 0.2) is 18.2 Å². The van der Waals surface area contributed by atoms with E-state index in [0.29, 0.717) is 0 Å². The van der Waals surface area contributed by atoms with Crippen LogP contribution in [0.4, 0.5) is 0 Å². The first-order valence-electron chi connectivity index (χ1n) is 5.69. The number of ether oxygens (including phenoxy) is 1. The summed E-state index contributed by atoms with van der Waals surface area (Å²) in [7, 11) is 0. The Kier molecular flexibility index (Phi) is 3.27. The van der Waals surface area contributed by atoms with E-state index < -0.39 is 0 Å². The highest BCUT2D eigenvalue weighted by molar-refractivity contribution is 5.42. The third kappa shape index (κ3) is 2.51. The van der Waals surface area contributed by atoms with Crippen LogP contribution in [0.1, 0.15) is 30.9 Å². The van der Waals surface area contributed by atoms with E-state index in [1.807, 2.05) is 6.92 Å². The molecule has 2 nitrogen and oxygen atoms in total. The van der Waals surface area contributed by atoms with Gasteiger partial charge in [-0.3, -0.25) is 0 Å². The van der Waals surface area contributed by atoms with E-state index in [1.165, 1.54) is 11.1 Å². The number of hydrogen-bond donors (Lipinski definition) is 1. The number of aliphatic hydroxyl groups excluding tert-OH is 1. The fourth-order valence-electron chi connectivity index (χ4n) is 2.02. The number of rotatable bonds is 3. The van der Waals surface area contributed by atoms with E-state index in [2.05, 4.69) is 18.2 Å². The lowest BCUT2D eigenvalue weighted by molar-refractivity contribution is 0.184. The van der Waals surface area contributed by atoms with Crippen molar-refractivity contribution in [3.05, 3.63) is 29.3 Å². The lowest BCUT2D eigenvalue weighted by Crippen LogP contribution is -2.11. The van der Waals surface area contributed by atoms with Crippen molar-refractivity contribution in [2.45, 2.75) is 38.7 Å². The predicted molar refractivity (Wildman–Crippen MR) is 60.3 cm³/mol. The predicted octanol–water partition coefficient (Wildman–Crippen LogP) is 2.33. The average molecular weight is 206 g/mol. The van der Waals surface area contributed by atoms with Crippen LogP contribution in [-0.4, -0.2) is 17.8 Å². The van der Waals surface area contributed by atoms with Crippen molar-refractivity contribution in [2.75, 3.05) is 6.61 Å². The van der Waals surface area contributed by atoms with Gasteiger partial charge in [-0.25, -0.2) is 0 Å². The number of aryl methyl sites for hydroxylation is 2. The molecule has 1 unspecified atom stereocenters. The Labute approximate surface area is 90.9 Å². The topological polar surface area (TPSA) is 29.5 Å². The van der Waals surface area contributed by atoms with E-state index in [4.69, 9.17) is 4.74 Å². The van der Waals surface area contributed by atoms with Crippen molar-refractivity contribution >= 4 is 0 Å². The monoisotopic (exact) mass is 206 g/mol. The van der Waals surface area contributed by atoms with Crippen LogP contribution in [0.25, 0.3) is 0 Å². The number of hydrogen-bond acceptors (Lipinski definition) is 2. The van der Waals surface area contributed by atoms with Gasteiger partial charge in [0.1, 0.15) is 5.75 Å². The van der Waals surface area contributed by atoms with Gasteiger partial charge in [0.15, 0.2) is 0 Å². The van der Waals surface area contributed by atoms with Gasteiger partial charge in [-0.2, -0.15) is 0 Å². The third-order valence-electron chi connectivity index (χ3n) is 2.85. The van der Waals surface area contributed by atoms with Crippen molar-refractivity contribution in [2.24, 2.45) is 0 Å². The molecule has 1 aliphatic heterocycles. The number of benzene rings is 1. The standard InChI is InChI=1S/C13H18O2/c1-10(14)7-8-12-5-2-4-11-6-3-9-15-13(11)12/h2,4-5,10,14H,3,6-9H2,1H3. The van der Waals surface area contributed by atoms with Gasteiger partial charge in [-0.15, -0.1) is 0 Å². The quantitative estimate of drug-likeness (QED) is 0.822. The summed E-state index contributed by atoms with van der Waals surface area (Å²) in [4.78, 5) is 0. The Morgan fingerprint density at radius 1 is 1.47 bits per heavy atom. The van der Waals surface area contributed by atoms with Gasteiger partial charge in [-0.05, 0) is 43.7 Å². The summed E-state index contributed by atoms with van der Waals surface area (Å²) in [5.74, 6) is 1.07. The summed E-state index contributed by atoms with van der Waals surface area (Å²) in [5.41, 5.74) is 2.57. The number of aliphatic hydroxyl groups is 1. The van der Waals surface area contributed by atoms with Gasteiger partial charge in [0.25, 0.3) is 0 Å². The molecule has 1 aliphatic rings. The zero-order chi connectivity index (χ0) is 10.7. The van der Waals surface area contributed by atoms with Crippen molar-refractivity contribution in [1.82, 2.24) is 0 Å². The molecule has 1 aromatic carbocycles. The van der Waals surface area contributed by atoms with E-state index in [1.54, 1.807) is 0 Å². The summed E-state index contributed by atoms with van der Waals surface area (Å²) in [6, 6.07) is 6.33. The Bertz CT molecular complexity index is 331. The molecular formula is C13H18O2. The average Bonchev–Trinajstić information content (AvgIpc) is 2.26. The summed E-state index contributed by atoms with van der Waals surface area (Å²) in [6.45, 7) is 2.66. The van der Waals surface area contributed by atoms with Crippen molar-refractivity contribution in [3.63, 3.8) is 0 Å². The maximum atomic E-state index is 9.28. The van der Waals surface area contributed by atoms with Gasteiger partial charge >= 0.3 is 0 Å². The molecule has 0 saturated carbocycles. The maximum Gasteiger partial charge on any atom is 0.125 e. The van der Waals surface area contributed by atoms with Gasteiger partial charge in [0.05, 0.1) is 12.7 Å². The van der Waals surface area contributed by atoms with Crippen LogP contribution in [0, 0.1) is 0 Å². The molecule has 0 fully saturated rings. The lowest BCUT2D eigenvalue weighted by Gasteiger charge is -2.20. The second-order valence-corrected chi connectivity index (χ2v) is 4.25. The van der Waals surface area contributed by atoms with E-state index in [9.17, 15) is 5.11 Å². The first kappa shape index (κ1) is 10.5. The largest absolute Gasteiger partial charge is 0.493 e. The molecule has 0 bridgehead atoms. The summed E-state index contributed by atoms with van der Waals surface area (Å²) in [6.07, 6.45) is 3.72. The fraction of sp³-hybridized carbons (Fsp3) is 0.538. The smallest absolute Gasteiger partial charge is 0.125 e. The normalized spacial score (nSPS) is 16.7. The molecular weight excluding hydrogens is 188 g/mol. The van der Waals surface area contributed by atoms with Gasteiger partial charge < -0.3 is 9.84 Å². The maximum absolute atomic E-state index is 9.28. The molecule has 1 aromatic rings. The molecule has 0 spiro atoms. The van der Waals surface area contributed by atoms with Crippen LogP contribution in [0.3, 0.4) is 0 Å². The van der Waals surface area contributed by atoms with Crippen LogP contribution in [0.2, 0.25) is 0 Å². The SMILES string of the molecule is CC(O)CCc1cccc2c1OCCC2. The second-order valence-electron chi connectivity index (χ2n) is 4.25. The number of fused-ring (bicyclic) bond motifs is 1. The molecule has 0 amide bonds. The minimum atomic E-state index is -0.232. The van der Waals surface area contributed by atoms with Gasteiger partial charge in [0, 0.05) is 0 Å². The minimum absolute atomic E-state index is 0.232. The highest BCUT2D eigenvalue weighted by Crippen LogP contribution is 2.29. The molecule has 2 heteroatoms. The summed E-state index contributed by atoms with van der Waals surface area (Å²) < 4.78 is 5.71. The van der Waals surface area contributed by atoms with E-state index in [0.717, 1.165) is 38.0 Å². The van der Waals surface area contributed by atoms with E-state index >= 15 is 0 Å². The Morgan fingerprint density at radius 2 is 2.33 bits per heavy atom. The molecule has 0 radical (unpaired) electrons. The molecule has 0 saturated heterocycles. The van der Waals surface area contributed by atoms with Crippen LogP contribution >= 0.6 is 0 Å². The van der Waals surface area contributed by atoms with Gasteiger partial charge in [-0.1, -0.05) is 18.2 Å². The fourth-order valence-corrected chi connectivity index (χ4v) is 2.02.